The van der Waals surface area contributed by atoms with E-state index in [1.54, 1.807) is 6.07 Å². The number of amides is 1. The van der Waals surface area contributed by atoms with Gasteiger partial charge in [-0.25, -0.2) is 38.2 Å². The van der Waals surface area contributed by atoms with Crippen LogP contribution in [-0.4, -0.2) is 75.3 Å². The van der Waals surface area contributed by atoms with Gasteiger partial charge in [-0.05, 0) is 43.0 Å². The number of carboxylic acid groups (broad SMARTS) is 1. The van der Waals surface area contributed by atoms with Gasteiger partial charge in [0.25, 0.3) is 5.95 Å². The fourth-order valence-corrected chi connectivity index (χ4v) is 5.29. The third-order valence-electron chi connectivity index (χ3n) is 7.49. The predicted octanol–water partition coefficient (Wildman–Crippen LogP) is 3.99. The molecule has 1 fully saturated rings. The van der Waals surface area contributed by atoms with Crippen molar-refractivity contribution in [3.05, 3.63) is 60.3 Å². The summed E-state index contributed by atoms with van der Waals surface area (Å²) < 4.78 is 33.8. The average Bonchev–Trinajstić information content (AvgIpc) is 3.58. The summed E-state index contributed by atoms with van der Waals surface area (Å²) in [6, 6.07) is 4.14. The Bertz CT molecular complexity index is 1800. The topological polar surface area (TPSA) is 172 Å². The van der Waals surface area contributed by atoms with Gasteiger partial charge in [0.2, 0.25) is 5.95 Å². The molecule has 1 aliphatic rings. The van der Waals surface area contributed by atoms with Gasteiger partial charge in [-0.3, -0.25) is 5.32 Å². The summed E-state index contributed by atoms with van der Waals surface area (Å²) in [5.74, 6) is -0.500. The highest BCUT2D eigenvalue weighted by molar-refractivity contribution is 5.90. The van der Waals surface area contributed by atoms with E-state index in [1.807, 2.05) is 22.3 Å². The number of halogens is 2. The first kappa shape index (κ1) is 28.9. The molecular weight excluding hydrogens is 576 g/mol. The average molecular weight is 606 g/mol. The van der Waals surface area contributed by atoms with Gasteiger partial charge in [-0.1, -0.05) is 6.92 Å². The highest BCUT2D eigenvalue weighted by atomic mass is 19.1. The summed E-state index contributed by atoms with van der Waals surface area (Å²) in [5.41, 5.74) is 1.79. The summed E-state index contributed by atoms with van der Waals surface area (Å²) in [6.07, 6.45) is 7.36. The molecule has 0 atom stereocenters. The first-order chi connectivity index (χ1) is 21.3. The van der Waals surface area contributed by atoms with E-state index in [9.17, 15) is 9.90 Å². The van der Waals surface area contributed by atoms with Crippen LogP contribution < -0.4 is 15.5 Å². The van der Waals surface area contributed by atoms with Crippen molar-refractivity contribution in [3.63, 3.8) is 0 Å². The monoisotopic (exact) mass is 605 g/mol. The lowest BCUT2D eigenvalue weighted by molar-refractivity contribution is 0.209. The van der Waals surface area contributed by atoms with Crippen molar-refractivity contribution in [2.45, 2.75) is 38.8 Å². The molecule has 0 radical (unpaired) electrons. The number of benzene rings is 1. The molecule has 5 heterocycles. The SMILES string of the molecule is CCc1cnc(N2CCC(n3cc(F)c4c(Nc5ccc(-c6nc(NC(=O)O)nn6CCO)cc5F)ncnc43)CC2)nc1. The van der Waals surface area contributed by atoms with Gasteiger partial charge in [-0.15, -0.1) is 5.10 Å². The normalized spacial score (nSPS) is 13.9. The van der Waals surface area contributed by atoms with Gasteiger partial charge in [0, 0.05) is 43.3 Å². The number of carbonyl (C=O) groups is 1. The molecule has 0 unspecified atom stereocenters. The molecular formula is C28H29F2N11O3. The summed E-state index contributed by atoms with van der Waals surface area (Å²) in [7, 11) is 0. The van der Waals surface area contributed by atoms with E-state index in [1.165, 1.54) is 29.3 Å². The highest BCUT2D eigenvalue weighted by Crippen LogP contribution is 2.34. The third-order valence-corrected chi connectivity index (χ3v) is 7.49. The Balaban J connectivity index is 1.22. The summed E-state index contributed by atoms with van der Waals surface area (Å²) >= 11 is 0. The number of aliphatic hydroxyl groups excluding tert-OH is 1. The lowest BCUT2D eigenvalue weighted by Crippen LogP contribution is -2.35. The van der Waals surface area contributed by atoms with E-state index in [-0.39, 0.29) is 53.4 Å². The van der Waals surface area contributed by atoms with Crippen LogP contribution in [0, 0.1) is 11.6 Å². The Hall–Kier alpha value is -5.25. The molecule has 1 aromatic carbocycles. The standard InChI is InChI=1S/C28H29F2N11O3/c1-2-16-12-31-27(32-13-16)39-7-5-18(6-8-39)40-14-20(30)22-23(33-15-34-25(22)40)35-21-4-3-17(11-19(21)29)24-36-26(37-28(43)44)38-41(24)9-10-42/h3-4,11-15,18,42H,2,5-10H2,1H3,(H,37,38)(H,43,44)(H,33,34,35). The number of aliphatic hydroxyl groups is 1. The van der Waals surface area contributed by atoms with Crippen molar-refractivity contribution in [2.75, 3.05) is 35.2 Å². The van der Waals surface area contributed by atoms with Crippen LogP contribution in [0.4, 0.5) is 37.0 Å². The fourth-order valence-electron chi connectivity index (χ4n) is 5.29. The number of aryl methyl sites for hydroxylation is 1. The molecule has 0 spiro atoms. The van der Waals surface area contributed by atoms with Gasteiger partial charge in [0.05, 0.1) is 24.2 Å². The molecule has 16 heteroatoms. The Morgan fingerprint density at radius 3 is 2.55 bits per heavy atom. The van der Waals surface area contributed by atoms with Crippen molar-refractivity contribution in [1.82, 2.24) is 39.3 Å². The zero-order valence-corrected chi connectivity index (χ0v) is 23.7. The number of rotatable bonds is 9. The van der Waals surface area contributed by atoms with Gasteiger partial charge in [-0.2, -0.15) is 4.98 Å². The molecule has 0 aliphatic carbocycles. The Kier molecular flexibility index (Phi) is 7.97. The number of hydrogen-bond donors (Lipinski definition) is 4. The van der Waals surface area contributed by atoms with Crippen LogP contribution in [0.15, 0.2) is 43.1 Å². The summed E-state index contributed by atoms with van der Waals surface area (Å²) in [5, 5.41) is 27.4. The minimum Gasteiger partial charge on any atom is -0.465 e. The van der Waals surface area contributed by atoms with Crippen molar-refractivity contribution in [3.8, 4) is 11.4 Å². The second-order valence-electron chi connectivity index (χ2n) is 10.2. The van der Waals surface area contributed by atoms with E-state index < -0.39 is 17.7 Å². The fraction of sp³-hybridized carbons (Fsp3) is 0.321. The first-order valence-electron chi connectivity index (χ1n) is 14.0. The molecule has 4 aromatic heterocycles. The minimum absolute atomic E-state index is 0.0104. The van der Waals surface area contributed by atoms with Gasteiger partial charge in [0.15, 0.2) is 11.6 Å². The van der Waals surface area contributed by atoms with Gasteiger partial charge < -0.3 is 25.0 Å². The van der Waals surface area contributed by atoms with Crippen molar-refractivity contribution < 1.29 is 23.8 Å². The molecule has 0 bridgehead atoms. The van der Waals surface area contributed by atoms with Crippen LogP contribution in [0.25, 0.3) is 22.4 Å². The van der Waals surface area contributed by atoms with Gasteiger partial charge in [0.1, 0.15) is 23.6 Å². The number of hydrogen-bond acceptors (Lipinski definition) is 10. The van der Waals surface area contributed by atoms with E-state index in [0.29, 0.717) is 24.7 Å². The van der Waals surface area contributed by atoms with Crippen molar-refractivity contribution >= 4 is 40.5 Å². The van der Waals surface area contributed by atoms with Gasteiger partial charge >= 0.3 is 6.09 Å². The van der Waals surface area contributed by atoms with Crippen LogP contribution in [0.5, 0.6) is 0 Å². The lowest BCUT2D eigenvalue weighted by atomic mass is 10.1. The molecule has 228 valence electrons. The number of nitrogens with one attached hydrogen (secondary N) is 2. The molecule has 6 rings (SSSR count). The smallest absolute Gasteiger partial charge is 0.411 e. The van der Waals surface area contributed by atoms with Crippen LogP contribution in [0.3, 0.4) is 0 Å². The summed E-state index contributed by atoms with van der Waals surface area (Å²) in [6.45, 7) is 3.17. The van der Waals surface area contributed by atoms with E-state index in [2.05, 4.69) is 47.2 Å². The maximum absolute atomic E-state index is 15.4. The number of fused-ring (bicyclic) bond motifs is 1. The minimum atomic E-state index is -1.36. The predicted molar refractivity (Wildman–Crippen MR) is 157 cm³/mol. The largest absolute Gasteiger partial charge is 0.465 e. The van der Waals surface area contributed by atoms with E-state index >= 15 is 8.78 Å². The first-order valence-corrected chi connectivity index (χ1v) is 14.0. The Labute approximate surface area is 249 Å². The second-order valence-corrected chi connectivity index (χ2v) is 10.2. The van der Waals surface area contributed by atoms with Crippen LogP contribution in [0.2, 0.25) is 0 Å². The molecule has 1 aliphatic heterocycles. The Morgan fingerprint density at radius 1 is 1.09 bits per heavy atom. The quantitative estimate of drug-likeness (QED) is 0.191. The number of piperidine rings is 1. The van der Waals surface area contributed by atoms with E-state index in [4.69, 9.17) is 5.11 Å². The maximum atomic E-state index is 15.4. The zero-order chi connectivity index (χ0) is 30.8. The third kappa shape index (κ3) is 5.70. The number of aromatic nitrogens is 8. The van der Waals surface area contributed by atoms with E-state index in [0.717, 1.165) is 24.8 Å². The molecule has 1 saturated heterocycles. The van der Waals surface area contributed by atoms with Crippen molar-refractivity contribution in [1.29, 1.82) is 0 Å². The van der Waals surface area contributed by atoms with Crippen LogP contribution in [0.1, 0.15) is 31.4 Å². The lowest BCUT2D eigenvalue weighted by Gasteiger charge is -2.32. The zero-order valence-electron chi connectivity index (χ0n) is 23.7. The van der Waals surface area contributed by atoms with Crippen LogP contribution in [-0.2, 0) is 13.0 Å². The Morgan fingerprint density at radius 2 is 1.86 bits per heavy atom. The second kappa shape index (κ2) is 12.2. The molecule has 0 saturated carbocycles. The molecule has 4 N–H and O–H groups in total. The summed E-state index contributed by atoms with van der Waals surface area (Å²) in [4.78, 5) is 34.7. The number of nitrogens with zero attached hydrogens (tertiary/aromatic N) is 9. The van der Waals surface area contributed by atoms with Crippen LogP contribution >= 0.6 is 0 Å². The molecule has 44 heavy (non-hydrogen) atoms. The molecule has 5 aromatic rings. The highest BCUT2D eigenvalue weighted by Gasteiger charge is 2.26. The maximum Gasteiger partial charge on any atom is 0.411 e. The van der Waals surface area contributed by atoms with Crippen molar-refractivity contribution in [2.24, 2.45) is 0 Å². The molecule has 1 amide bonds. The number of anilines is 4. The molecule has 14 nitrogen and oxygen atoms in total.